The summed E-state index contributed by atoms with van der Waals surface area (Å²) in [6.45, 7) is 1.73. The summed E-state index contributed by atoms with van der Waals surface area (Å²) in [5.74, 6) is 0.332. The second kappa shape index (κ2) is 5.55. The lowest BCUT2D eigenvalue weighted by molar-refractivity contribution is 0.103. The summed E-state index contributed by atoms with van der Waals surface area (Å²) < 4.78 is 9.76. The van der Waals surface area contributed by atoms with Crippen LogP contribution in [0.25, 0.3) is 10.2 Å². The highest BCUT2D eigenvalue weighted by atomic mass is 35.5. The van der Waals surface area contributed by atoms with Crippen LogP contribution in [0.15, 0.2) is 12.1 Å². The van der Waals surface area contributed by atoms with Crippen LogP contribution in [0.5, 0.6) is 5.75 Å². The Bertz CT molecular complexity index is 830. The van der Waals surface area contributed by atoms with E-state index in [4.69, 9.17) is 16.3 Å². The molecule has 3 rings (SSSR count). The molecule has 1 aromatic carbocycles. The normalized spacial score (nSPS) is 10.8. The summed E-state index contributed by atoms with van der Waals surface area (Å²) in [5.41, 5.74) is 1.22. The summed E-state index contributed by atoms with van der Waals surface area (Å²) in [6, 6.07) is 3.48. The molecule has 1 amide bonds. The molecule has 0 fully saturated rings. The Morgan fingerprint density at radius 2 is 2.24 bits per heavy atom. The second-order valence-corrected chi connectivity index (χ2v) is 6.25. The van der Waals surface area contributed by atoms with E-state index in [9.17, 15) is 4.79 Å². The van der Waals surface area contributed by atoms with E-state index in [1.807, 2.05) is 0 Å². The van der Waals surface area contributed by atoms with Crippen molar-refractivity contribution in [3.8, 4) is 5.75 Å². The first-order valence-electron chi connectivity index (χ1n) is 5.83. The van der Waals surface area contributed by atoms with E-state index < -0.39 is 0 Å². The average Bonchev–Trinajstić information content (AvgIpc) is 3.06. The van der Waals surface area contributed by atoms with Crippen molar-refractivity contribution in [2.45, 2.75) is 6.92 Å². The standard InChI is InChI=1S/C12H9ClN4O2S2/c1-5-9(21-17-16-5)11(18)15-12-14-8-7(19-2)4-3-6(13)10(8)20-12/h3-4H,1-2H3,(H,14,15,18). The van der Waals surface area contributed by atoms with Crippen LogP contribution in [0.2, 0.25) is 5.02 Å². The molecule has 1 N–H and O–H groups in total. The van der Waals surface area contributed by atoms with E-state index in [-0.39, 0.29) is 5.91 Å². The van der Waals surface area contributed by atoms with E-state index in [2.05, 4.69) is 19.9 Å². The molecule has 9 heteroatoms. The van der Waals surface area contributed by atoms with Gasteiger partial charge in [-0.25, -0.2) is 4.98 Å². The largest absolute Gasteiger partial charge is 0.494 e. The van der Waals surface area contributed by atoms with Crippen molar-refractivity contribution in [3.63, 3.8) is 0 Å². The minimum Gasteiger partial charge on any atom is -0.494 e. The molecular weight excluding hydrogens is 332 g/mol. The number of thiazole rings is 1. The SMILES string of the molecule is COc1ccc(Cl)c2sc(NC(=O)c3snnc3C)nc12. The lowest BCUT2D eigenvalue weighted by Gasteiger charge is -2.00. The highest BCUT2D eigenvalue weighted by Gasteiger charge is 2.17. The van der Waals surface area contributed by atoms with Crippen molar-refractivity contribution in [2.75, 3.05) is 12.4 Å². The fourth-order valence-corrected chi connectivity index (χ4v) is 3.47. The van der Waals surface area contributed by atoms with Crippen molar-refractivity contribution in [1.29, 1.82) is 0 Å². The molecule has 0 bridgehead atoms. The van der Waals surface area contributed by atoms with Crippen LogP contribution in [0, 0.1) is 6.92 Å². The molecule has 0 spiro atoms. The van der Waals surface area contributed by atoms with Gasteiger partial charge in [-0.2, -0.15) is 0 Å². The molecule has 0 saturated carbocycles. The predicted octanol–water partition coefficient (Wildman–Crippen LogP) is 3.37. The van der Waals surface area contributed by atoms with E-state index in [0.29, 0.717) is 32.0 Å². The third-order valence-electron chi connectivity index (χ3n) is 2.76. The van der Waals surface area contributed by atoms with E-state index in [1.165, 1.54) is 11.3 Å². The zero-order chi connectivity index (χ0) is 15.0. The minimum atomic E-state index is -0.281. The number of benzene rings is 1. The number of halogens is 1. The van der Waals surface area contributed by atoms with Gasteiger partial charge in [-0.1, -0.05) is 27.4 Å². The maximum absolute atomic E-state index is 12.1. The number of aryl methyl sites for hydroxylation is 1. The number of anilines is 1. The van der Waals surface area contributed by atoms with Crippen molar-refractivity contribution in [2.24, 2.45) is 0 Å². The van der Waals surface area contributed by atoms with Crippen LogP contribution in [-0.2, 0) is 0 Å². The number of amides is 1. The van der Waals surface area contributed by atoms with Gasteiger partial charge in [0.2, 0.25) is 0 Å². The van der Waals surface area contributed by atoms with Crippen molar-refractivity contribution in [1.82, 2.24) is 14.6 Å². The Kier molecular flexibility index (Phi) is 3.75. The van der Waals surface area contributed by atoms with Gasteiger partial charge in [0, 0.05) is 0 Å². The predicted molar refractivity (Wildman–Crippen MR) is 83.8 cm³/mol. The fraction of sp³-hybridized carbons (Fsp3) is 0.167. The number of ether oxygens (including phenoxy) is 1. The second-order valence-electron chi connectivity index (χ2n) is 4.09. The molecule has 0 unspecified atom stereocenters. The van der Waals surface area contributed by atoms with Crippen LogP contribution >= 0.6 is 34.5 Å². The Balaban J connectivity index is 1.97. The molecule has 2 aromatic heterocycles. The van der Waals surface area contributed by atoms with E-state index in [0.717, 1.165) is 16.2 Å². The summed E-state index contributed by atoms with van der Waals surface area (Å²) >= 11 is 8.49. The van der Waals surface area contributed by atoms with Crippen molar-refractivity contribution < 1.29 is 9.53 Å². The summed E-state index contributed by atoms with van der Waals surface area (Å²) in [7, 11) is 1.56. The minimum absolute atomic E-state index is 0.281. The highest BCUT2D eigenvalue weighted by molar-refractivity contribution is 7.23. The third-order valence-corrected chi connectivity index (χ3v) is 5.01. The molecule has 108 valence electrons. The number of hydrogen-bond acceptors (Lipinski definition) is 7. The maximum atomic E-state index is 12.1. The zero-order valence-electron chi connectivity index (χ0n) is 11.0. The van der Waals surface area contributed by atoms with Gasteiger partial charge in [-0.3, -0.25) is 10.1 Å². The molecule has 0 saturated heterocycles. The number of methoxy groups -OCH3 is 1. The van der Waals surface area contributed by atoms with Crippen LogP contribution in [0.4, 0.5) is 5.13 Å². The van der Waals surface area contributed by atoms with Crippen molar-refractivity contribution in [3.05, 3.63) is 27.7 Å². The monoisotopic (exact) mass is 340 g/mol. The lowest BCUT2D eigenvalue weighted by Crippen LogP contribution is -2.11. The number of fused-ring (bicyclic) bond motifs is 1. The molecule has 2 heterocycles. The Morgan fingerprint density at radius 1 is 1.43 bits per heavy atom. The fourth-order valence-electron chi connectivity index (χ4n) is 1.76. The van der Waals surface area contributed by atoms with Gasteiger partial charge in [0.15, 0.2) is 5.13 Å². The smallest absolute Gasteiger partial charge is 0.271 e. The number of nitrogens with one attached hydrogen (secondary N) is 1. The van der Waals surface area contributed by atoms with E-state index >= 15 is 0 Å². The van der Waals surface area contributed by atoms with Gasteiger partial charge >= 0.3 is 0 Å². The van der Waals surface area contributed by atoms with Crippen LogP contribution in [0.3, 0.4) is 0 Å². The average molecular weight is 341 g/mol. The molecule has 0 atom stereocenters. The number of nitrogens with zero attached hydrogens (tertiary/aromatic N) is 3. The molecule has 3 aromatic rings. The lowest BCUT2D eigenvalue weighted by atomic mass is 10.3. The number of aromatic nitrogens is 3. The third kappa shape index (κ3) is 2.57. The number of hydrogen-bond donors (Lipinski definition) is 1. The van der Waals surface area contributed by atoms with Crippen LogP contribution in [0.1, 0.15) is 15.4 Å². The zero-order valence-corrected chi connectivity index (χ0v) is 13.4. The highest BCUT2D eigenvalue weighted by Crippen LogP contribution is 2.37. The summed E-state index contributed by atoms with van der Waals surface area (Å²) in [6.07, 6.45) is 0. The van der Waals surface area contributed by atoms with Gasteiger partial charge in [0.25, 0.3) is 5.91 Å². The molecule has 0 aliphatic carbocycles. The van der Waals surface area contributed by atoms with Gasteiger partial charge in [-0.05, 0) is 30.6 Å². The van der Waals surface area contributed by atoms with Crippen LogP contribution in [-0.4, -0.2) is 27.6 Å². The number of rotatable bonds is 3. The number of carbonyl (C=O) groups excluding carboxylic acids is 1. The van der Waals surface area contributed by atoms with Crippen LogP contribution < -0.4 is 10.1 Å². The summed E-state index contributed by atoms with van der Waals surface area (Å²) in [5, 5.41) is 7.57. The molecule has 21 heavy (non-hydrogen) atoms. The first-order valence-corrected chi connectivity index (χ1v) is 7.80. The van der Waals surface area contributed by atoms with E-state index in [1.54, 1.807) is 26.2 Å². The first kappa shape index (κ1) is 14.2. The van der Waals surface area contributed by atoms with Crippen molar-refractivity contribution >= 4 is 55.7 Å². The number of carbonyl (C=O) groups is 1. The van der Waals surface area contributed by atoms with Gasteiger partial charge in [0.1, 0.15) is 16.1 Å². The van der Waals surface area contributed by atoms with Gasteiger partial charge in [-0.15, -0.1) is 5.10 Å². The van der Waals surface area contributed by atoms with Gasteiger partial charge < -0.3 is 4.74 Å². The summed E-state index contributed by atoms with van der Waals surface area (Å²) in [4.78, 5) is 17.0. The Hall–Kier alpha value is -1.77. The molecule has 0 aliphatic rings. The Morgan fingerprint density at radius 3 is 2.90 bits per heavy atom. The first-order chi connectivity index (χ1) is 10.1. The van der Waals surface area contributed by atoms with Gasteiger partial charge in [0.05, 0.1) is 22.5 Å². The molecule has 0 aliphatic heterocycles. The maximum Gasteiger partial charge on any atom is 0.271 e. The topological polar surface area (TPSA) is 77.0 Å². The molecular formula is C12H9ClN4O2S2. The molecule has 6 nitrogen and oxygen atoms in total. The molecule has 0 radical (unpaired) electrons. The Labute approximate surface area is 132 Å². The quantitative estimate of drug-likeness (QED) is 0.791.